The van der Waals surface area contributed by atoms with Crippen molar-refractivity contribution in [2.24, 2.45) is 5.92 Å². The molecule has 0 fully saturated rings. The van der Waals surface area contributed by atoms with E-state index >= 15 is 0 Å². The topological polar surface area (TPSA) is 52.6 Å². The summed E-state index contributed by atoms with van der Waals surface area (Å²) in [5.41, 5.74) is 0. The predicted octanol–water partition coefficient (Wildman–Crippen LogP) is 0.245. The maximum atomic E-state index is 10.5. The zero-order valence-corrected chi connectivity index (χ0v) is 7.85. The molecule has 0 aromatic carbocycles. The Kier molecular flexibility index (Phi) is 4.63. The predicted molar refractivity (Wildman–Crippen MR) is 41.8 cm³/mol. The van der Waals surface area contributed by atoms with Crippen molar-refractivity contribution in [2.75, 3.05) is 26.6 Å². The van der Waals surface area contributed by atoms with Gasteiger partial charge in [0.15, 0.2) is 0 Å². The first kappa shape index (κ1) is 10.9. The Morgan fingerprint density at radius 1 is 1.36 bits per heavy atom. The summed E-state index contributed by atoms with van der Waals surface area (Å²) in [6.45, 7) is 2.55. The second-order valence-corrected chi connectivity index (χ2v) is 4.19. The molecular formula is C6H14O4S. The Bertz CT molecular complexity index is 185. The molecule has 0 aromatic heterocycles. The molecule has 0 saturated carbocycles. The Morgan fingerprint density at radius 2 is 1.91 bits per heavy atom. The van der Waals surface area contributed by atoms with Crippen molar-refractivity contribution in [1.82, 2.24) is 0 Å². The summed E-state index contributed by atoms with van der Waals surface area (Å²) in [7, 11) is -1.73. The minimum absolute atomic E-state index is 0.106. The van der Waals surface area contributed by atoms with Crippen LogP contribution in [0.15, 0.2) is 0 Å². The van der Waals surface area contributed by atoms with Crippen molar-refractivity contribution < 1.29 is 17.3 Å². The van der Waals surface area contributed by atoms with Gasteiger partial charge in [0.1, 0.15) is 0 Å². The molecule has 0 aliphatic heterocycles. The molecule has 1 atom stereocenters. The lowest BCUT2D eigenvalue weighted by molar-refractivity contribution is 0.129. The SMILES string of the molecule is COCC(C)COS(C)(=O)=O. The highest BCUT2D eigenvalue weighted by molar-refractivity contribution is 7.85. The normalized spacial score (nSPS) is 14.8. The molecule has 0 aliphatic carbocycles. The Balaban J connectivity index is 3.54. The van der Waals surface area contributed by atoms with Crippen LogP contribution in [0.4, 0.5) is 0 Å². The summed E-state index contributed by atoms with van der Waals surface area (Å²) < 4.78 is 30.3. The molecular weight excluding hydrogens is 168 g/mol. The van der Waals surface area contributed by atoms with E-state index in [4.69, 9.17) is 4.74 Å². The summed E-state index contributed by atoms with van der Waals surface area (Å²) in [5, 5.41) is 0. The van der Waals surface area contributed by atoms with Gasteiger partial charge in [-0.05, 0) is 0 Å². The van der Waals surface area contributed by atoms with E-state index < -0.39 is 10.1 Å². The van der Waals surface area contributed by atoms with Gasteiger partial charge in [0.05, 0.1) is 19.5 Å². The second kappa shape index (κ2) is 4.69. The van der Waals surface area contributed by atoms with Crippen LogP contribution in [-0.2, 0) is 19.0 Å². The van der Waals surface area contributed by atoms with Crippen molar-refractivity contribution in [3.05, 3.63) is 0 Å². The minimum Gasteiger partial charge on any atom is -0.384 e. The van der Waals surface area contributed by atoms with E-state index in [9.17, 15) is 8.42 Å². The molecule has 0 saturated heterocycles. The highest BCUT2D eigenvalue weighted by Crippen LogP contribution is 1.98. The average Bonchev–Trinajstić information content (AvgIpc) is 1.83. The van der Waals surface area contributed by atoms with E-state index in [1.165, 1.54) is 0 Å². The van der Waals surface area contributed by atoms with Gasteiger partial charge >= 0.3 is 0 Å². The summed E-state index contributed by atoms with van der Waals surface area (Å²) >= 11 is 0. The van der Waals surface area contributed by atoms with Crippen LogP contribution in [0, 0.1) is 5.92 Å². The van der Waals surface area contributed by atoms with Gasteiger partial charge < -0.3 is 4.74 Å². The van der Waals surface area contributed by atoms with E-state index in [0.29, 0.717) is 6.61 Å². The van der Waals surface area contributed by atoms with Crippen molar-refractivity contribution in [2.45, 2.75) is 6.92 Å². The first-order valence-electron chi connectivity index (χ1n) is 3.29. The maximum Gasteiger partial charge on any atom is 0.264 e. The van der Waals surface area contributed by atoms with Crippen LogP contribution in [0.5, 0.6) is 0 Å². The van der Waals surface area contributed by atoms with Gasteiger partial charge in [0, 0.05) is 13.0 Å². The molecule has 1 unspecified atom stereocenters. The van der Waals surface area contributed by atoms with Crippen LogP contribution in [0.25, 0.3) is 0 Å². The lowest BCUT2D eigenvalue weighted by atomic mass is 10.2. The summed E-state index contributed by atoms with van der Waals surface area (Å²) in [5.74, 6) is 0.106. The quantitative estimate of drug-likeness (QED) is 0.572. The smallest absolute Gasteiger partial charge is 0.264 e. The number of hydrogen-bond donors (Lipinski definition) is 0. The Hall–Kier alpha value is -0.130. The second-order valence-electron chi connectivity index (χ2n) is 2.55. The first-order chi connectivity index (χ1) is 4.95. The van der Waals surface area contributed by atoms with Gasteiger partial charge in [-0.1, -0.05) is 6.92 Å². The molecule has 0 aliphatic rings. The molecule has 0 rings (SSSR count). The van der Waals surface area contributed by atoms with E-state index in [-0.39, 0.29) is 12.5 Å². The van der Waals surface area contributed by atoms with Gasteiger partial charge in [-0.25, -0.2) is 0 Å². The molecule has 0 bridgehead atoms. The van der Waals surface area contributed by atoms with E-state index in [2.05, 4.69) is 4.18 Å². The lowest BCUT2D eigenvalue weighted by Gasteiger charge is -2.08. The van der Waals surface area contributed by atoms with Gasteiger partial charge in [-0.15, -0.1) is 0 Å². The number of ether oxygens (including phenoxy) is 1. The van der Waals surface area contributed by atoms with Crippen molar-refractivity contribution in [3.63, 3.8) is 0 Å². The highest BCUT2D eigenvalue weighted by atomic mass is 32.2. The third-order valence-corrected chi connectivity index (χ3v) is 1.58. The maximum absolute atomic E-state index is 10.5. The third-order valence-electron chi connectivity index (χ3n) is 1.02. The molecule has 0 N–H and O–H groups in total. The first-order valence-corrected chi connectivity index (χ1v) is 5.10. The van der Waals surface area contributed by atoms with Gasteiger partial charge in [-0.2, -0.15) is 8.42 Å². The van der Waals surface area contributed by atoms with Gasteiger partial charge in [0.2, 0.25) is 0 Å². The largest absolute Gasteiger partial charge is 0.384 e. The van der Waals surface area contributed by atoms with Gasteiger partial charge in [0.25, 0.3) is 10.1 Å². The minimum atomic E-state index is -3.29. The van der Waals surface area contributed by atoms with E-state index in [0.717, 1.165) is 6.26 Å². The Labute approximate surface area is 67.6 Å². The molecule has 0 aromatic rings. The number of hydrogen-bond acceptors (Lipinski definition) is 4. The van der Waals surface area contributed by atoms with Crippen molar-refractivity contribution >= 4 is 10.1 Å². The fourth-order valence-electron chi connectivity index (χ4n) is 0.572. The molecule has 5 heteroatoms. The van der Waals surface area contributed by atoms with Crippen LogP contribution in [0.3, 0.4) is 0 Å². The molecule has 0 heterocycles. The fraction of sp³-hybridized carbons (Fsp3) is 1.00. The van der Waals surface area contributed by atoms with Crippen LogP contribution >= 0.6 is 0 Å². The molecule has 11 heavy (non-hydrogen) atoms. The highest BCUT2D eigenvalue weighted by Gasteiger charge is 2.06. The fourth-order valence-corrected chi connectivity index (χ4v) is 1.05. The summed E-state index contributed by atoms with van der Waals surface area (Å²) in [6, 6.07) is 0. The van der Waals surface area contributed by atoms with Crippen LogP contribution < -0.4 is 0 Å². The molecule has 4 nitrogen and oxygen atoms in total. The third kappa shape index (κ3) is 7.77. The lowest BCUT2D eigenvalue weighted by Crippen LogP contribution is -2.14. The van der Waals surface area contributed by atoms with Crippen molar-refractivity contribution in [1.29, 1.82) is 0 Å². The van der Waals surface area contributed by atoms with E-state index in [1.54, 1.807) is 7.11 Å². The molecule has 0 amide bonds. The molecule has 68 valence electrons. The number of methoxy groups -OCH3 is 1. The van der Waals surface area contributed by atoms with Crippen LogP contribution in [-0.4, -0.2) is 35.0 Å². The zero-order chi connectivity index (χ0) is 8.91. The monoisotopic (exact) mass is 182 g/mol. The standard InChI is InChI=1S/C6H14O4S/c1-6(4-9-2)5-10-11(3,7)8/h6H,4-5H2,1-3H3. The summed E-state index contributed by atoms with van der Waals surface area (Å²) in [6.07, 6.45) is 1.03. The summed E-state index contributed by atoms with van der Waals surface area (Å²) in [4.78, 5) is 0. The van der Waals surface area contributed by atoms with Crippen molar-refractivity contribution in [3.8, 4) is 0 Å². The van der Waals surface area contributed by atoms with Crippen LogP contribution in [0.1, 0.15) is 6.92 Å². The van der Waals surface area contributed by atoms with E-state index in [1.807, 2.05) is 6.92 Å². The average molecular weight is 182 g/mol. The molecule has 0 spiro atoms. The Morgan fingerprint density at radius 3 is 2.27 bits per heavy atom. The molecule has 0 radical (unpaired) electrons. The zero-order valence-electron chi connectivity index (χ0n) is 7.03. The number of rotatable bonds is 5. The van der Waals surface area contributed by atoms with Crippen LogP contribution in [0.2, 0.25) is 0 Å². The van der Waals surface area contributed by atoms with Gasteiger partial charge in [-0.3, -0.25) is 4.18 Å².